The summed E-state index contributed by atoms with van der Waals surface area (Å²) < 4.78 is 0. The summed E-state index contributed by atoms with van der Waals surface area (Å²) in [5.41, 5.74) is 7.70. The van der Waals surface area contributed by atoms with E-state index in [1.54, 1.807) is 0 Å². The number of nitrogens with zero attached hydrogens (tertiary/aromatic N) is 1. The van der Waals surface area contributed by atoms with Gasteiger partial charge in [0.05, 0.1) is 5.56 Å². The maximum absolute atomic E-state index is 5.73. The molecule has 0 aromatic carbocycles. The van der Waals surface area contributed by atoms with Gasteiger partial charge in [0.25, 0.3) is 0 Å². The van der Waals surface area contributed by atoms with Crippen LogP contribution in [0.5, 0.6) is 0 Å². The van der Waals surface area contributed by atoms with Crippen molar-refractivity contribution in [3.8, 4) is 0 Å². The SMILES string of the molecule is Cc1ccc(C(N)=S)c(NC2(C)CCCC2)n1. The van der Waals surface area contributed by atoms with Crippen LogP contribution in [-0.2, 0) is 0 Å². The first-order chi connectivity index (χ1) is 8.00. The second-order valence-corrected chi connectivity index (χ2v) is 5.55. The molecule has 17 heavy (non-hydrogen) atoms. The molecule has 0 amide bonds. The van der Waals surface area contributed by atoms with Crippen molar-refractivity contribution < 1.29 is 0 Å². The largest absolute Gasteiger partial charge is 0.389 e. The van der Waals surface area contributed by atoms with E-state index < -0.39 is 0 Å². The van der Waals surface area contributed by atoms with E-state index in [1.165, 1.54) is 25.7 Å². The number of aryl methyl sites for hydroxylation is 1. The molecule has 1 saturated carbocycles. The molecule has 1 aromatic rings. The van der Waals surface area contributed by atoms with Gasteiger partial charge in [-0.15, -0.1) is 0 Å². The molecule has 2 rings (SSSR count). The van der Waals surface area contributed by atoms with Crippen molar-refractivity contribution in [3.63, 3.8) is 0 Å². The number of pyridine rings is 1. The topological polar surface area (TPSA) is 50.9 Å². The second kappa shape index (κ2) is 4.61. The van der Waals surface area contributed by atoms with Crippen LogP contribution in [0.15, 0.2) is 12.1 Å². The highest BCUT2D eigenvalue weighted by Crippen LogP contribution is 2.32. The second-order valence-electron chi connectivity index (χ2n) is 5.11. The van der Waals surface area contributed by atoms with E-state index in [4.69, 9.17) is 18.0 Å². The van der Waals surface area contributed by atoms with Crippen molar-refractivity contribution in [2.45, 2.75) is 45.1 Å². The molecule has 0 saturated heterocycles. The minimum absolute atomic E-state index is 0.139. The van der Waals surface area contributed by atoms with E-state index >= 15 is 0 Å². The number of aromatic nitrogens is 1. The van der Waals surface area contributed by atoms with Gasteiger partial charge in [-0.3, -0.25) is 0 Å². The zero-order valence-electron chi connectivity index (χ0n) is 10.4. The number of rotatable bonds is 3. The average molecular weight is 249 g/mol. The van der Waals surface area contributed by atoms with E-state index in [0.717, 1.165) is 17.1 Å². The lowest BCUT2D eigenvalue weighted by Gasteiger charge is -2.27. The minimum atomic E-state index is 0.139. The highest BCUT2D eigenvalue weighted by atomic mass is 32.1. The Morgan fingerprint density at radius 1 is 1.41 bits per heavy atom. The van der Waals surface area contributed by atoms with E-state index in [2.05, 4.69) is 17.2 Å². The molecule has 1 heterocycles. The standard InChI is InChI=1S/C13H19N3S/c1-9-5-6-10(11(14)17)12(15-9)16-13(2)7-3-4-8-13/h5-6H,3-4,7-8H2,1-2H3,(H2,14,17)(H,15,16). The minimum Gasteiger partial charge on any atom is -0.389 e. The number of nitrogens with two attached hydrogens (primary N) is 1. The lowest BCUT2D eigenvalue weighted by Crippen LogP contribution is -2.32. The Labute approximate surface area is 108 Å². The number of anilines is 1. The Kier molecular flexibility index (Phi) is 3.33. The van der Waals surface area contributed by atoms with Gasteiger partial charge in [-0.05, 0) is 38.8 Å². The quantitative estimate of drug-likeness (QED) is 0.809. The predicted molar refractivity (Wildman–Crippen MR) is 75.4 cm³/mol. The van der Waals surface area contributed by atoms with Crippen molar-refractivity contribution in [1.29, 1.82) is 0 Å². The van der Waals surface area contributed by atoms with Gasteiger partial charge in [-0.25, -0.2) is 4.98 Å². The van der Waals surface area contributed by atoms with Crippen LogP contribution in [-0.4, -0.2) is 15.5 Å². The molecule has 0 atom stereocenters. The van der Waals surface area contributed by atoms with E-state index in [-0.39, 0.29) is 5.54 Å². The smallest absolute Gasteiger partial charge is 0.136 e. The lowest BCUT2D eigenvalue weighted by molar-refractivity contribution is 0.530. The van der Waals surface area contributed by atoms with E-state index in [1.807, 2.05) is 19.1 Å². The third-order valence-electron chi connectivity index (χ3n) is 3.43. The summed E-state index contributed by atoms with van der Waals surface area (Å²) in [4.78, 5) is 4.93. The number of thiocarbonyl (C=S) groups is 1. The molecule has 0 bridgehead atoms. The number of hydrogen-bond donors (Lipinski definition) is 2. The van der Waals surface area contributed by atoms with Gasteiger partial charge in [0.15, 0.2) is 0 Å². The fourth-order valence-corrected chi connectivity index (χ4v) is 2.58. The maximum Gasteiger partial charge on any atom is 0.136 e. The van der Waals surface area contributed by atoms with E-state index in [9.17, 15) is 0 Å². The van der Waals surface area contributed by atoms with Crippen molar-refractivity contribution in [2.75, 3.05) is 5.32 Å². The van der Waals surface area contributed by atoms with Gasteiger partial charge >= 0.3 is 0 Å². The normalized spacial score (nSPS) is 18.0. The fraction of sp³-hybridized carbons (Fsp3) is 0.538. The fourth-order valence-electron chi connectivity index (χ4n) is 2.42. The van der Waals surface area contributed by atoms with Crippen molar-refractivity contribution in [1.82, 2.24) is 4.98 Å². The van der Waals surface area contributed by atoms with Crippen molar-refractivity contribution in [2.24, 2.45) is 5.73 Å². The first-order valence-electron chi connectivity index (χ1n) is 6.06. The summed E-state index contributed by atoms with van der Waals surface area (Å²) in [5.74, 6) is 0.835. The van der Waals surface area contributed by atoms with Crippen LogP contribution >= 0.6 is 12.2 Å². The van der Waals surface area contributed by atoms with Crippen LogP contribution in [0.25, 0.3) is 0 Å². The number of nitrogens with one attached hydrogen (secondary N) is 1. The third-order valence-corrected chi connectivity index (χ3v) is 3.65. The van der Waals surface area contributed by atoms with Crippen LogP contribution < -0.4 is 11.1 Å². The molecule has 1 fully saturated rings. The summed E-state index contributed by atoms with van der Waals surface area (Å²) in [6.45, 7) is 4.22. The van der Waals surface area contributed by atoms with Gasteiger partial charge in [0, 0.05) is 11.2 Å². The third kappa shape index (κ3) is 2.75. The van der Waals surface area contributed by atoms with Gasteiger partial charge in [-0.1, -0.05) is 25.1 Å². The Morgan fingerprint density at radius 2 is 2.06 bits per heavy atom. The molecule has 0 radical (unpaired) electrons. The van der Waals surface area contributed by atoms with Gasteiger partial charge in [-0.2, -0.15) is 0 Å². The number of hydrogen-bond acceptors (Lipinski definition) is 3. The molecule has 1 aliphatic rings. The molecule has 3 N–H and O–H groups in total. The zero-order valence-corrected chi connectivity index (χ0v) is 11.2. The Bertz CT molecular complexity index is 436. The predicted octanol–water partition coefficient (Wildman–Crippen LogP) is 2.77. The van der Waals surface area contributed by atoms with Gasteiger partial charge in [0.2, 0.25) is 0 Å². The van der Waals surface area contributed by atoms with Crippen molar-refractivity contribution >= 4 is 23.0 Å². The molecule has 0 aliphatic heterocycles. The van der Waals surface area contributed by atoms with Crippen LogP contribution in [0.2, 0.25) is 0 Å². The highest BCUT2D eigenvalue weighted by Gasteiger charge is 2.29. The van der Waals surface area contributed by atoms with Crippen LogP contribution in [0.4, 0.5) is 5.82 Å². The first kappa shape index (κ1) is 12.3. The van der Waals surface area contributed by atoms with Crippen LogP contribution in [0, 0.1) is 6.92 Å². The molecule has 92 valence electrons. The Morgan fingerprint density at radius 3 is 2.65 bits per heavy atom. The highest BCUT2D eigenvalue weighted by molar-refractivity contribution is 7.80. The van der Waals surface area contributed by atoms with Gasteiger partial charge < -0.3 is 11.1 Å². The Hall–Kier alpha value is -1.16. The zero-order chi connectivity index (χ0) is 12.5. The summed E-state index contributed by atoms with van der Waals surface area (Å²) >= 11 is 5.07. The average Bonchev–Trinajstić information content (AvgIpc) is 2.64. The monoisotopic (exact) mass is 249 g/mol. The molecule has 0 spiro atoms. The summed E-state index contributed by atoms with van der Waals surface area (Å²) in [5, 5.41) is 3.53. The summed E-state index contributed by atoms with van der Waals surface area (Å²) in [6, 6.07) is 3.89. The molecular formula is C13H19N3S. The Balaban J connectivity index is 2.30. The van der Waals surface area contributed by atoms with Crippen molar-refractivity contribution in [3.05, 3.63) is 23.4 Å². The molecule has 1 aliphatic carbocycles. The summed E-state index contributed by atoms with van der Waals surface area (Å²) in [6.07, 6.45) is 4.91. The molecule has 3 nitrogen and oxygen atoms in total. The molecule has 1 aromatic heterocycles. The van der Waals surface area contributed by atoms with E-state index in [0.29, 0.717) is 4.99 Å². The lowest BCUT2D eigenvalue weighted by atomic mass is 10.0. The molecule has 0 unspecified atom stereocenters. The molecular weight excluding hydrogens is 230 g/mol. The van der Waals surface area contributed by atoms with Crippen LogP contribution in [0.3, 0.4) is 0 Å². The summed E-state index contributed by atoms with van der Waals surface area (Å²) in [7, 11) is 0. The maximum atomic E-state index is 5.73. The molecule has 4 heteroatoms. The van der Waals surface area contributed by atoms with Gasteiger partial charge in [0.1, 0.15) is 10.8 Å². The first-order valence-corrected chi connectivity index (χ1v) is 6.47. The van der Waals surface area contributed by atoms with Crippen LogP contribution in [0.1, 0.15) is 43.9 Å².